The molecule has 1 N–H and O–H groups in total. The van der Waals surface area contributed by atoms with Crippen molar-refractivity contribution in [3.8, 4) is 11.3 Å². The molecule has 26 heavy (non-hydrogen) atoms. The van der Waals surface area contributed by atoms with E-state index in [1.807, 2.05) is 17.5 Å². The minimum Gasteiger partial charge on any atom is -0.340 e. The minimum atomic E-state index is 0.886. The number of hydrogen-bond acceptors (Lipinski definition) is 3. The Morgan fingerprint density at radius 3 is 2.31 bits per heavy atom. The number of aryl methyl sites for hydroxylation is 4. The molecule has 4 nitrogen and oxygen atoms in total. The van der Waals surface area contributed by atoms with Gasteiger partial charge in [-0.1, -0.05) is 35.9 Å². The first-order chi connectivity index (χ1) is 12.5. The van der Waals surface area contributed by atoms with Crippen LogP contribution in [0.1, 0.15) is 22.4 Å². The largest absolute Gasteiger partial charge is 0.340 e. The Morgan fingerprint density at radius 1 is 0.846 bits per heavy atom. The molecule has 0 atom stereocenters. The summed E-state index contributed by atoms with van der Waals surface area (Å²) in [5, 5.41) is 8.37. The number of anilines is 2. The van der Waals surface area contributed by atoms with E-state index >= 15 is 0 Å². The zero-order valence-electron chi connectivity index (χ0n) is 15.5. The van der Waals surface area contributed by atoms with Crippen LogP contribution in [-0.2, 0) is 0 Å². The van der Waals surface area contributed by atoms with Gasteiger partial charge in [0.05, 0.1) is 5.69 Å². The summed E-state index contributed by atoms with van der Waals surface area (Å²) in [5.74, 6) is 0.917. The van der Waals surface area contributed by atoms with Crippen LogP contribution in [0, 0.1) is 27.7 Å². The fourth-order valence-corrected chi connectivity index (χ4v) is 3.27. The predicted molar refractivity (Wildman–Crippen MR) is 107 cm³/mol. The van der Waals surface area contributed by atoms with Crippen LogP contribution >= 0.6 is 0 Å². The summed E-state index contributed by atoms with van der Waals surface area (Å²) in [6.45, 7) is 8.29. The molecule has 0 aliphatic carbocycles. The van der Waals surface area contributed by atoms with Gasteiger partial charge in [0.25, 0.3) is 0 Å². The first-order valence-electron chi connectivity index (χ1n) is 8.79. The highest BCUT2D eigenvalue weighted by molar-refractivity contribution is 5.73. The Balaban J connectivity index is 1.88. The monoisotopic (exact) mass is 342 g/mol. The van der Waals surface area contributed by atoms with Gasteiger partial charge in [-0.25, -0.2) is 4.98 Å². The van der Waals surface area contributed by atoms with Gasteiger partial charge in [-0.15, -0.1) is 0 Å². The van der Waals surface area contributed by atoms with Crippen molar-refractivity contribution < 1.29 is 0 Å². The maximum Gasteiger partial charge on any atom is 0.161 e. The fraction of sp³-hybridized carbons (Fsp3) is 0.182. The van der Waals surface area contributed by atoms with Gasteiger partial charge >= 0.3 is 0 Å². The molecule has 0 saturated heterocycles. The van der Waals surface area contributed by atoms with E-state index in [1.165, 1.54) is 11.1 Å². The van der Waals surface area contributed by atoms with Crippen molar-refractivity contribution in [3.05, 3.63) is 77.0 Å². The normalized spacial score (nSPS) is 11.1. The van der Waals surface area contributed by atoms with E-state index < -0.39 is 0 Å². The smallest absolute Gasteiger partial charge is 0.161 e. The van der Waals surface area contributed by atoms with Crippen molar-refractivity contribution in [3.63, 3.8) is 0 Å². The summed E-state index contributed by atoms with van der Waals surface area (Å²) in [6, 6.07) is 18.8. The van der Waals surface area contributed by atoms with E-state index in [0.717, 1.165) is 39.7 Å². The quantitative estimate of drug-likeness (QED) is 0.544. The van der Waals surface area contributed by atoms with E-state index in [-0.39, 0.29) is 0 Å². The van der Waals surface area contributed by atoms with Crippen LogP contribution in [0.3, 0.4) is 0 Å². The van der Waals surface area contributed by atoms with Crippen LogP contribution in [0.2, 0.25) is 0 Å². The lowest BCUT2D eigenvalue weighted by Gasteiger charge is -2.10. The van der Waals surface area contributed by atoms with Crippen molar-refractivity contribution in [2.24, 2.45) is 0 Å². The molecule has 2 heterocycles. The van der Waals surface area contributed by atoms with E-state index in [4.69, 9.17) is 10.1 Å². The van der Waals surface area contributed by atoms with Crippen molar-refractivity contribution in [2.45, 2.75) is 27.7 Å². The first kappa shape index (κ1) is 16.3. The summed E-state index contributed by atoms with van der Waals surface area (Å²) < 4.78 is 1.91. The van der Waals surface area contributed by atoms with Crippen molar-refractivity contribution in [2.75, 3.05) is 5.32 Å². The molecule has 4 rings (SSSR count). The summed E-state index contributed by atoms with van der Waals surface area (Å²) in [7, 11) is 0. The zero-order chi connectivity index (χ0) is 18.3. The van der Waals surface area contributed by atoms with Crippen molar-refractivity contribution >= 4 is 17.2 Å². The van der Waals surface area contributed by atoms with Gasteiger partial charge in [0.1, 0.15) is 5.82 Å². The number of nitrogens with one attached hydrogen (secondary N) is 1. The van der Waals surface area contributed by atoms with Crippen molar-refractivity contribution in [1.29, 1.82) is 0 Å². The molecular weight excluding hydrogens is 320 g/mol. The van der Waals surface area contributed by atoms with Gasteiger partial charge < -0.3 is 5.32 Å². The molecule has 0 radical (unpaired) electrons. The van der Waals surface area contributed by atoms with Gasteiger partial charge in [-0.05, 0) is 51.5 Å². The molecule has 0 amide bonds. The highest BCUT2D eigenvalue weighted by Gasteiger charge is 2.15. The number of hydrogen-bond donors (Lipinski definition) is 1. The third-order valence-electron chi connectivity index (χ3n) is 4.53. The molecule has 2 aromatic carbocycles. The third-order valence-corrected chi connectivity index (χ3v) is 4.53. The van der Waals surface area contributed by atoms with Crippen molar-refractivity contribution in [1.82, 2.24) is 14.6 Å². The molecule has 0 bridgehead atoms. The maximum absolute atomic E-state index is 4.87. The third kappa shape index (κ3) is 2.94. The molecule has 0 aliphatic heterocycles. The summed E-state index contributed by atoms with van der Waals surface area (Å²) in [4.78, 5) is 4.72. The molecule has 0 spiro atoms. The Bertz CT molecular complexity index is 1110. The van der Waals surface area contributed by atoms with Crippen LogP contribution in [-0.4, -0.2) is 14.6 Å². The van der Waals surface area contributed by atoms with Gasteiger partial charge in [0, 0.05) is 28.6 Å². The van der Waals surface area contributed by atoms with Gasteiger partial charge in [0.2, 0.25) is 0 Å². The molecule has 0 aliphatic rings. The second-order valence-corrected chi connectivity index (χ2v) is 6.86. The SMILES string of the molecule is Cc1cccc(Nc2cc(C)nc3c(C)c(-c4cccc(C)c4)nn23)c1. The number of rotatable bonds is 3. The topological polar surface area (TPSA) is 42.2 Å². The number of benzene rings is 2. The average molecular weight is 342 g/mol. The number of fused-ring (bicyclic) bond motifs is 1. The molecule has 4 heteroatoms. The molecule has 130 valence electrons. The summed E-state index contributed by atoms with van der Waals surface area (Å²) in [6.07, 6.45) is 0. The number of aromatic nitrogens is 3. The number of nitrogens with zero attached hydrogens (tertiary/aromatic N) is 3. The molecule has 2 aromatic heterocycles. The Labute approximate surface area is 153 Å². The lowest BCUT2D eigenvalue weighted by Crippen LogP contribution is -2.02. The highest BCUT2D eigenvalue weighted by Crippen LogP contribution is 2.28. The second-order valence-electron chi connectivity index (χ2n) is 6.86. The van der Waals surface area contributed by atoms with Gasteiger partial charge in [-0.3, -0.25) is 0 Å². The first-order valence-corrected chi connectivity index (χ1v) is 8.79. The second kappa shape index (κ2) is 6.30. The van der Waals surface area contributed by atoms with Gasteiger partial charge in [0.15, 0.2) is 5.65 Å². The van der Waals surface area contributed by atoms with Crippen LogP contribution in [0.25, 0.3) is 16.9 Å². The molecular formula is C22H22N4. The molecule has 0 saturated carbocycles. The fourth-order valence-electron chi connectivity index (χ4n) is 3.27. The molecule has 0 fully saturated rings. The van der Waals surface area contributed by atoms with Crippen LogP contribution in [0.4, 0.5) is 11.5 Å². The summed E-state index contributed by atoms with van der Waals surface area (Å²) >= 11 is 0. The average Bonchev–Trinajstić information content (AvgIpc) is 2.92. The Morgan fingerprint density at radius 2 is 1.58 bits per heavy atom. The van der Waals surface area contributed by atoms with E-state index in [1.54, 1.807) is 0 Å². The van der Waals surface area contributed by atoms with Gasteiger partial charge in [-0.2, -0.15) is 9.61 Å². The van der Waals surface area contributed by atoms with E-state index in [9.17, 15) is 0 Å². The van der Waals surface area contributed by atoms with Crippen LogP contribution in [0.5, 0.6) is 0 Å². The highest BCUT2D eigenvalue weighted by atomic mass is 15.3. The molecule has 0 unspecified atom stereocenters. The van der Waals surface area contributed by atoms with E-state index in [2.05, 4.69) is 74.6 Å². The van der Waals surface area contributed by atoms with E-state index in [0.29, 0.717) is 0 Å². The lowest BCUT2D eigenvalue weighted by atomic mass is 10.1. The minimum absolute atomic E-state index is 0.886. The molecule has 4 aromatic rings. The van der Waals surface area contributed by atoms with Crippen LogP contribution < -0.4 is 5.32 Å². The zero-order valence-corrected chi connectivity index (χ0v) is 15.5. The van der Waals surface area contributed by atoms with Crippen LogP contribution in [0.15, 0.2) is 54.6 Å². The standard InChI is InChI=1S/C22H22N4/c1-14-7-5-9-18(11-14)21-17(4)22-23-16(3)13-20(26(22)25-21)24-19-10-6-8-15(2)12-19/h5-13,24H,1-4H3. The lowest BCUT2D eigenvalue weighted by molar-refractivity contribution is 0.941. The predicted octanol–water partition coefficient (Wildman–Crippen LogP) is 5.37. The summed E-state index contributed by atoms with van der Waals surface area (Å²) in [5.41, 5.74) is 8.51. The Kier molecular flexibility index (Phi) is 3.96. The Hall–Kier alpha value is -3.14. The maximum atomic E-state index is 4.87.